The third-order valence-corrected chi connectivity index (χ3v) is 4.38. The van der Waals surface area contributed by atoms with Gasteiger partial charge < -0.3 is 29.2 Å². The predicted molar refractivity (Wildman–Crippen MR) is 110 cm³/mol. The molecule has 0 aliphatic rings. The molecule has 0 spiro atoms. The summed E-state index contributed by atoms with van der Waals surface area (Å²) in [5, 5.41) is 19.4. The molecule has 0 aliphatic heterocycles. The maximum absolute atomic E-state index is 12.2. The van der Waals surface area contributed by atoms with Crippen molar-refractivity contribution in [1.82, 2.24) is 0 Å². The molecule has 0 saturated heterocycles. The van der Waals surface area contributed by atoms with Gasteiger partial charge in [0.25, 0.3) is 6.47 Å². The maximum atomic E-state index is 12.2. The van der Waals surface area contributed by atoms with E-state index in [0.717, 1.165) is 11.1 Å². The summed E-state index contributed by atoms with van der Waals surface area (Å²) in [6.07, 6.45) is 1.67. The number of phenols is 2. The van der Waals surface area contributed by atoms with E-state index in [0.29, 0.717) is 37.2 Å². The summed E-state index contributed by atoms with van der Waals surface area (Å²) in [7, 11) is 5.66. The Morgan fingerprint density at radius 2 is 1.43 bits per heavy atom. The lowest BCUT2D eigenvalue weighted by Gasteiger charge is -2.16. The molecule has 1 atom stereocenters. The van der Waals surface area contributed by atoms with E-state index in [1.165, 1.54) is 28.4 Å². The third-order valence-electron chi connectivity index (χ3n) is 4.38. The number of rotatable bonds is 9. The Labute approximate surface area is 176 Å². The number of methoxy groups -OCH3 is 4. The number of aryl methyl sites for hydroxylation is 1. The number of carbonyl (C=O) groups is 2. The van der Waals surface area contributed by atoms with E-state index in [-0.39, 0.29) is 23.4 Å². The number of carbonyl (C=O) groups excluding carboxylic acids is 2. The Kier molecular flexibility index (Phi) is 10.6. The van der Waals surface area contributed by atoms with Crippen LogP contribution in [-0.4, -0.2) is 51.1 Å². The Hall–Kier alpha value is -3.42. The van der Waals surface area contributed by atoms with Gasteiger partial charge in [0, 0.05) is 0 Å². The second kappa shape index (κ2) is 12.9. The molecule has 8 heteroatoms. The summed E-state index contributed by atoms with van der Waals surface area (Å²) in [6, 6.07) is 10.2. The molecule has 0 aliphatic carbocycles. The van der Waals surface area contributed by atoms with Gasteiger partial charge in [-0.25, -0.2) is 0 Å². The standard InChI is InChI=1S/C20H24O6.C2H4O2/c1-24-18-11-13(5-8-16(18)21)4-7-15(20(23)26-3)10-14-6-9-17(22)19(12-14)25-2;1-4-2-3/h5-6,8-9,11-12,15,21-22H,4,7,10H2,1-3H3;2H,1H3. The highest BCUT2D eigenvalue weighted by Gasteiger charge is 2.20. The van der Waals surface area contributed by atoms with Crippen LogP contribution in [0.15, 0.2) is 36.4 Å². The summed E-state index contributed by atoms with van der Waals surface area (Å²) < 4.78 is 19.0. The van der Waals surface area contributed by atoms with Gasteiger partial charge in [0.15, 0.2) is 23.0 Å². The largest absolute Gasteiger partial charge is 0.504 e. The lowest BCUT2D eigenvalue weighted by Crippen LogP contribution is -2.19. The van der Waals surface area contributed by atoms with Crippen LogP contribution in [-0.2, 0) is 31.9 Å². The van der Waals surface area contributed by atoms with Crippen LogP contribution in [0.1, 0.15) is 17.5 Å². The molecule has 0 aromatic heterocycles. The van der Waals surface area contributed by atoms with Gasteiger partial charge in [-0.15, -0.1) is 0 Å². The molecule has 2 rings (SSSR count). The lowest BCUT2D eigenvalue weighted by atomic mass is 9.92. The number of phenolic OH excluding ortho intramolecular Hbond substituents is 2. The lowest BCUT2D eigenvalue weighted by molar-refractivity contribution is -0.145. The molecule has 8 nitrogen and oxygen atoms in total. The second-order valence-electron chi connectivity index (χ2n) is 6.31. The van der Waals surface area contributed by atoms with Crippen molar-refractivity contribution >= 4 is 12.4 Å². The van der Waals surface area contributed by atoms with E-state index in [4.69, 9.17) is 19.0 Å². The smallest absolute Gasteiger partial charge is 0.309 e. The minimum atomic E-state index is -0.339. The van der Waals surface area contributed by atoms with Crippen LogP contribution in [0.3, 0.4) is 0 Å². The number of benzene rings is 2. The molecule has 30 heavy (non-hydrogen) atoms. The van der Waals surface area contributed by atoms with E-state index in [2.05, 4.69) is 4.74 Å². The first kappa shape index (κ1) is 24.6. The number of esters is 1. The zero-order chi connectivity index (χ0) is 22.5. The summed E-state index contributed by atoms with van der Waals surface area (Å²) in [5.41, 5.74) is 1.83. The van der Waals surface area contributed by atoms with Crippen LogP contribution in [0.25, 0.3) is 0 Å². The second-order valence-corrected chi connectivity index (χ2v) is 6.31. The van der Waals surface area contributed by atoms with E-state index in [9.17, 15) is 15.0 Å². The molecule has 0 fully saturated rings. The molecular weight excluding hydrogens is 392 g/mol. The molecular formula is C22H28O8. The molecule has 0 heterocycles. The summed E-state index contributed by atoms with van der Waals surface area (Å²) >= 11 is 0. The third kappa shape index (κ3) is 7.54. The van der Waals surface area contributed by atoms with Crippen LogP contribution in [0, 0.1) is 5.92 Å². The van der Waals surface area contributed by atoms with Crippen molar-refractivity contribution in [2.45, 2.75) is 19.3 Å². The first-order valence-electron chi connectivity index (χ1n) is 9.16. The predicted octanol–water partition coefficient (Wildman–Crippen LogP) is 2.87. The monoisotopic (exact) mass is 420 g/mol. The van der Waals surface area contributed by atoms with Crippen molar-refractivity contribution in [3.05, 3.63) is 47.5 Å². The van der Waals surface area contributed by atoms with Crippen LogP contribution in [0.5, 0.6) is 23.0 Å². The van der Waals surface area contributed by atoms with Gasteiger partial charge in [-0.1, -0.05) is 12.1 Å². The van der Waals surface area contributed by atoms with Crippen LogP contribution in [0.4, 0.5) is 0 Å². The molecule has 0 saturated carbocycles. The van der Waals surface area contributed by atoms with Crippen molar-refractivity contribution in [2.24, 2.45) is 5.92 Å². The van der Waals surface area contributed by atoms with Crippen molar-refractivity contribution in [3.63, 3.8) is 0 Å². The number of hydrogen-bond acceptors (Lipinski definition) is 8. The van der Waals surface area contributed by atoms with Gasteiger partial charge in [-0.3, -0.25) is 9.59 Å². The fourth-order valence-electron chi connectivity index (χ4n) is 2.82. The SMILES string of the molecule is COC(=O)C(CCc1ccc(O)c(OC)c1)Cc1ccc(O)c(OC)c1.COC=O. The zero-order valence-corrected chi connectivity index (χ0v) is 17.6. The highest BCUT2D eigenvalue weighted by atomic mass is 16.5. The van der Waals surface area contributed by atoms with E-state index >= 15 is 0 Å². The molecule has 0 radical (unpaired) electrons. The van der Waals surface area contributed by atoms with E-state index < -0.39 is 0 Å². The molecule has 0 amide bonds. The highest BCUT2D eigenvalue weighted by Crippen LogP contribution is 2.30. The Bertz CT molecular complexity index is 819. The molecule has 0 bridgehead atoms. The van der Waals surface area contributed by atoms with Gasteiger partial charge in [0.2, 0.25) is 0 Å². The van der Waals surface area contributed by atoms with Crippen molar-refractivity contribution < 1.29 is 38.7 Å². The molecule has 1 unspecified atom stereocenters. The van der Waals surface area contributed by atoms with Crippen molar-refractivity contribution in [1.29, 1.82) is 0 Å². The quantitative estimate of drug-likeness (QED) is 0.471. The molecule has 2 N–H and O–H groups in total. The van der Waals surface area contributed by atoms with Gasteiger partial charge in [-0.2, -0.15) is 0 Å². The highest BCUT2D eigenvalue weighted by molar-refractivity contribution is 5.72. The Morgan fingerprint density at radius 1 is 0.933 bits per heavy atom. The summed E-state index contributed by atoms with van der Waals surface area (Å²) in [5.74, 6) is 0.283. The Morgan fingerprint density at radius 3 is 1.90 bits per heavy atom. The minimum Gasteiger partial charge on any atom is -0.504 e. The van der Waals surface area contributed by atoms with Gasteiger partial charge in [-0.05, 0) is 54.7 Å². The maximum Gasteiger partial charge on any atom is 0.309 e. The molecule has 2 aromatic rings. The van der Waals surface area contributed by atoms with Gasteiger partial charge in [0.05, 0.1) is 34.4 Å². The minimum absolute atomic E-state index is 0.0575. The van der Waals surface area contributed by atoms with Crippen LogP contribution < -0.4 is 9.47 Å². The van der Waals surface area contributed by atoms with Crippen molar-refractivity contribution in [2.75, 3.05) is 28.4 Å². The van der Waals surface area contributed by atoms with E-state index in [1.807, 2.05) is 0 Å². The fourth-order valence-corrected chi connectivity index (χ4v) is 2.82. The molecule has 2 aromatic carbocycles. The normalized spacial score (nSPS) is 10.8. The van der Waals surface area contributed by atoms with Crippen LogP contribution in [0.2, 0.25) is 0 Å². The van der Waals surface area contributed by atoms with Crippen molar-refractivity contribution in [3.8, 4) is 23.0 Å². The fraction of sp³-hybridized carbons (Fsp3) is 0.364. The first-order chi connectivity index (χ1) is 14.4. The number of ether oxygens (including phenoxy) is 4. The van der Waals surface area contributed by atoms with Gasteiger partial charge >= 0.3 is 5.97 Å². The van der Waals surface area contributed by atoms with E-state index in [1.54, 1.807) is 36.4 Å². The molecule has 164 valence electrons. The van der Waals surface area contributed by atoms with Gasteiger partial charge in [0.1, 0.15) is 0 Å². The average molecular weight is 420 g/mol. The summed E-state index contributed by atoms with van der Waals surface area (Å²) in [4.78, 5) is 21.1. The van der Waals surface area contributed by atoms with Crippen LogP contribution >= 0.6 is 0 Å². The number of aromatic hydroxyl groups is 2. The zero-order valence-electron chi connectivity index (χ0n) is 17.6. The topological polar surface area (TPSA) is 112 Å². The average Bonchev–Trinajstić information content (AvgIpc) is 2.78. The number of hydrogen-bond donors (Lipinski definition) is 2. The Balaban J connectivity index is 0.00000103. The first-order valence-corrected chi connectivity index (χ1v) is 9.16. The summed E-state index contributed by atoms with van der Waals surface area (Å²) in [6.45, 7) is 0.375.